The zero-order valence-electron chi connectivity index (χ0n) is 9.45. The van der Waals surface area contributed by atoms with Gasteiger partial charge in [-0.3, -0.25) is 0 Å². The Morgan fingerprint density at radius 3 is 2.89 bits per heavy atom. The Hall–Kier alpha value is -1.17. The third-order valence-corrected chi connectivity index (χ3v) is 3.20. The van der Waals surface area contributed by atoms with Crippen LogP contribution >= 0.6 is 23.2 Å². The van der Waals surface area contributed by atoms with Crippen molar-refractivity contribution >= 4 is 23.2 Å². The first-order valence-corrected chi connectivity index (χ1v) is 5.97. The van der Waals surface area contributed by atoms with Crippen molar-refractivity contribution in [1.82, 2.24) is 15.5 Å². The van der Waals surface area contributed by atoms with Crippen LogP contribution in [0.15, 0.2) is 23.0 Å². The van der Waals surface area contributed by atoms with Gasteiger partial charge in [0, 0.05) is 16.6 Å². The van der Waals surface area contributed by atoms with Gasteiger partial charge in [-0.15, -0.1) is 0 Å². The van der Waals surface area contributed by atoms with Crippen LogP contribution in [0.2, 0.25) is 10.0 Å². The van der Waals surface area contributed by atoms with E-state index in [-0.39, 0.29) is 11.1 Å². The molecule has 2 rings (SSSR count). The first kappa shape index (κ1) is 13.3. The van der Waals surface area contributed by atoms with Crippen molar-refractivity contribution in [3.63, 3.8) is 0 Å². The molecule has 4 nitrogen and oxygen atoms in total. The summed E-state index contributed by atoms with van der Waals surface area (Å²) >= 11 is 11.9. The van der Waals surface area contributed by atoms with Crippen LogP contribution in [0, 0.1) is 5.82 Å². The highest BCUT2D eigenvalue weighted by atomic mass is 35.5. The van der Waals surface area contributed by atoms with Crippen LogP contribution < -0.4 is 5.32 Å². The summed E-state index contributed by atoms with van der Waals surface area (Å²) in [5.41, 5.74) is 0.516. The molecule has 1 N–H and O–H groups in total. The van der Waals surface area contributed by atoms with Gasteiger partial charge in [0.1, 0.15) is 5.82 Å². The van der Waals surface area contributed by atoms with Gasteiger partial charge in [0.05, 0.1) is 11.6 Å². The summed E-state index contributed by atoms with van der Waals surface area (Å²) in [6, 6.07) is 2.48. The molecule has 0 aliphatic rings. The van der Waals surface area contributed by atoms with Crippen LogP contribution in [-0.4, -0.2) is 10.1 Å². The second kappa shape index (κ2) is 5.65. The quantitative estimate of drug-likeness (QED) is 0.877. The minimum absolute atomic E-state index is 0.0237. The number of benzene rings is 1. The van der Waals surface area contributed by atoms with Crippen LogP contribution in [-0.2, 0) is 6.54 Å². The summed E-state index contributed by atoms with van der Waals surface area (Å²) in [5, 5.41) is 7.18. The fourth-order valence-corrected chi connectivity index (χ4v) is 2.25. The van der Waals surface area contributed by atoms with Crippen molar-refractivity contribution in [2.45, 2.75) is 19.5 Å². The standard InChI is InChI=1S/C11H10Cl2FN3O/c1-6(15-4-9-16-5-18-17-9)10-7(12)2-3-8(14)11(10)13/h2-3,5-6,15H,4H2,1H3. The van der Waals surface area contributed by atoms with Crippen molar-refractivity contribution in [1.29, 1.82) is 0 Å². The third kappa shape index (κ3) is 2.80. The lowest BCUT2D eigenvalue weighted by atomic mass is 10.1. The Morgan fingerprint density at radius 2 is 2.22 bits per heavy atom. The fourth-order valence-electron chi connectivity index (χ4n) is 1.56. The molecule has 96 valence electrons. The van der Waals surface area contributed by atoms with E-state index in [2.05, 4.69) is 20.0 Å². The van der Waals surface area contributed by atoms with Crippen LogP contribution in [0.5, 0.6) is 0 Å². The van der Waals surface area contributed by atoms with Crippen molar-refractivity contribution in [2.75, 3.05) is 0 Å². The molecule has 0 amide bonds. The van der Waals surface area contributed by atoms with Crippen molar-refractivity contribution < 1.29 is 8.91 Å². The zero-order chi connectivity index (χ0) is 13.1. The largest absolute Gasteiger partial charge is 0.343 e. The Kier molecular flexibility index (Phi) is 4.16. The van der Waals surface area contributed by atoms with Gasteiger partial charge < -0.3 is 9.84 Å². The monoisotopic (exact) mass is 289 g/mol. The molecule has 1 aromatic carbocycles. The smallest absolute Gasteiger partial charge is 0.213 e. The second-order valence-electron chi connectivity index (χ2n) is 3.71. The first-order chi connectivity index (χ1) is 8.59. The fraction of sp³-hybridized carbons (Fsp3) is 0.273. The molecule has 1 aromatic heterocycles. The van der Waals surface area contributed by atoms with E-state index in [4.69, 9.17) is 23.2 Å². The SMILES string of the molecule is CC(NCc1ncon1)c1c(Cl)ccc(F)c1Cl. The first-order valence-electron chi connectivity index (χ1n) is 5.21. The average Bonchev–Trinajstić information content (AvgIpc) is 2.85. The predicted molar refractivity (Wildman–Crippen MR) is 66.0 cm³/mol. The topological polar surface area (TPSA) is 51.0 Å². The predicted octanol–water partition coefficient (Wildman–Crippen LogP) is 3.37. The molecule has 0 aliphatic heterocycles. The number of aromatic nitrogens is 2. The van der Waals surface area contributed by atoms with Crippen LogP contribution in [0.25, 0.3) is 0 Å². The van der Waals surface area contributed by atoms with Crippen LogP contribution in [0.4, 0.5) is 4.39 Å². The number of hydrogen-bond donors (Lipinski definition) is 1. The van der Waals surface area contributed by atoms with E-state index in [1.54, 1.807) is 0 Å². The van der Waals surface area contributed by atoms with Crippen molar-refractivity contribution in [3.05, 3.63) is 45.8 Å². The molecule has 1 unspecified atom stereocenters. The second-order valence-corrected chi connectivity index (χ2v) is 4.49. The summed E-state index contributed by atoms with van der Waals surface area (Å²) in [4.78, 5) is 3.86. The van der Waals surface area contributed by atoms with Gasteiger partial charge in [-0.05, 0) is 19.1 Å². The number of nitrogens with zero attached hydrogens (tertiary/aromatic N) is 2. The molecule has 0 saturated heterocycles. The van der Waals surface area contributed by atoms with E-state index in [0.29, 0.717) is 23.0 Å². The molecular formula is C11H10Cl2FN3O. The lowest BCUT2D eigenvalue weighted by molar-refractivity contribution is 0.405. The molecule has 0 saturated carbocycles. The van der Waals surface area contributed by atoms with Gasteiger partial charge in [0.2, 0.25) is 6.39 Å². The molecule has 0 aliphatic carbocycles. The highest BCUT2D eigenvalue weighted by molar-refractivity contribution is 6.36. The molecule has 2 aromatic rings. The van der Waals surface area contributed by atoms with Gasteiger partial charge in [-0.2, -0.15) is 4.98 Å². The third-order valence-electron chi connectivity index (χ3n) is 2.49. The molecule has 7 heteroatoms. The maximum Gasteiger partial charge on any atom is 0.213 e. The van der Waals surface area contributed by atoms with Crippen molar-refractivity contribution in [2.24, 2.45) is 0 Å². The number of halogens is 3. The Labute approximate surface area is 113 Å². The summed E-state index contributed by atoms with van der Waals surface area (Å²) in [6.07, 6.45) is 1.24. The maximum absolute atomic E-state index is 13.4. The number of nitrogens with one attached hydrogen (secondary N) is 1. The van der Waals surface area contributed by atoms with Gasteiger partial charge in [0.15, 0.2) is 5.82 Å². The van der Waals surface area contributed by atoms with E-state index in [1.807, 2.05) is 6.92 Å². The van der Waals surface area contributed by atoms with Gasteiger partial charge in [-0.25, -0.2) is 4.39 Å². The minimum atomic E-state index is -0.496. The van der Waals surface area contributed by atoms with E-state index in [0.717, 1.165) is 0 Å². The van der Waals surface area contributed by atoms with Gasteiger partial charge in [0.25, 0.3) is 0 Å². The number of hydrogen-bond acceptors (Lipinski definition) is 4. The van der Waals surface area contributed by atoms with E-state index in [9.17, 15) is 4.39 Å². The number of rotatable bonds is 4. The molecule has 1 heterocycles. The van der Waals surface area contributed by atoms with E-state index < -0.39 is 5.82 Å². The Bertz CT molecular complexity index is 533. The maximum atomic E-state index is 13.4. The summed E-state index contributed by atoms with van der Waals surface area (Å²) in [7, 11) is 0. The lowest BCUT2D eigenvalue weighted by Gasteiger charge is -2.16. The molecule has 0 radical (unpaired) electrons. The molecule has 0 spiro atoms. The highest BCUT2D eigenvalue weighted by Gasteiger charge is 2.17. The highest BCUT2D eigenvalue weighted by Crippen LogP contribution is 2.32. The minimum Gasteiger partial charge on any atom is -0.343 e. The molecule has 0 bridgehead atoms. The molecular weight excluding hydrogens is 280 g/mol. The average molecular weight is 290 g/mol. The van der Waals surface area contributed by atoms with Crippen molar-refractivity contribution in [3.8, 4) is 0 Å². The Balaban J connectivity index is 2.13. The van der Waals surface area contributed by atoms with Gasteiger partial charge in [-0.1, -0.05) is 28.4 Å². The summed E-state index contributed by atoms with van der Waals surface area (Å²) < 4.78 is 18.0. The van der Waals surface area contributed by atoms with E-state index >= 15 is 0 Å². The summed E-state index contributed by atoms with van der Waals surface area (Å²) in [5.74, 6) is 0.00905. The van der Waals surface area contributed by atoms with E-state index in [1.165, 1.54) is 18.5 Å². The molecule has 18 heavy (non-hydrogen) atoms. The molecule has 0 fully saturated rings. The lowest BCUT2D eigenvalue weighted by Crippen LogP contribution is -2.19. The van der Waals surface area contributed by atoms with Crippen LogP contribution in [0.3, 0.4) is 0 Å². The Morgan fingerprint density at radius 1 is 1.44 bits per heavy atom. The van der Waals surface area contributed by atoms with Crippen LogP contribution in [0.1, 0.15) is 24.4 Å². The normalized spacial score (nSPS) is 12.7. The van der Waals surface area contributed by atoms with Gasteiger partial charge >= 0.3 is 0 Å². The zero-order valence-corrected chi connectivity index (χ0v) is 11.0. The molecule has 1 atom stereocenters. The summed E-state index contributed by atoms with van der Waals surface area (Å²) in [6.45, 7) is 2.20.